The molecule has 0 spiro atoms. The standard InChI is InChI=1S/C28H37F3N6OSi/c1-27(2,3)39(4,5)38-15-7-10-22(20-8-6-9-20)34-26-24-25(35-23(16-32)36-26)33-18-37(24)17-19-11-13-21(14-12-19)28(29,30)31/h11-14,18,20,22H,6-10,15,17H2,1-5H3,(H,34,35,36)/t22-/m1/s1. The summed E-state index contributed by atoms with van der Waals surface area (Å²) in [5, 5.41) is 13.3. The summed E-state index contributed by atoms with van der Waals surface area (Å²) >= 11 is 0. The Morgan fingerprint density at radius 2 is 1.85 bits per heavy atom. The van der Waals surface area contributed by atoms with E-state index in [0.29, 0.717) is 41.6 Å². The number of fused-ring (bicyclic) bond motifs is 1. The summed E-state index contributed by atoms with van der Waals surface area (Å²) in [5.41, 5.74) is 1.02. The maximum Gasteiger partial charge on any atom is 0.416 e. The fourth-order valence-electron chi connectivity index (χ4n) is 4.54. The van der Waals surface area contributed by atoms with E-state index in [1.807, 2.05) is 10.6 Å². The molecule has 0 bridgehead atoms. The monoisotopic (exact) mass is 558 g/mol. The van der Waals surface area contributed by atoms with Gasteiger partial charge in [0.1, 0.15) is 11.6 Å². The van der Waals surface area contributed by atoms with E-state index >= 15 is 0 Å². The zero-order chi connectivity index (χ0) is 28.4. The van der Waals surface area contributed by atoms with Gasteiger partial charge >= 0.3 is 6.18 Å². The zero-order valence-corrected chi connectivity index (χ0v) is 24.3. The van der Waals surface area contributed by atoms with Crippen LogP contribution in [-0.4, -0.2) is 40.5 Å². The van der Waals surface area contributed by atoms with Gasteiger partial charge < -0.3 is 14.3 Å². The largest absolute Gasteiger partial charge is 0.417 e. The predicted molar refractivity (Wildman–Crippen MR) is 148 cm³/mol. The minimum atomic E-state index is -4.38. The third kappa shape index (κ3) is 6.79. The number of benzene rings is 1. The highest BCUT2D eigenvalue weighted by atomic mass is 28.4. The van der Waals surface area contributed by atoms with Gasteiger partial charge in [-0.2, -0.15) is 28.4 Å². The van der Waals surface area contributed by atoms with Crippen LogP contribution in [0.5, 0.6) is 0 Å². The molecule has 7 nitrogen and oxygen atoms in total. The van der Waals surface area contributed by atoms with E-state index < -0.39 is 20.1 Å². The van der Waals surface area contributed by atoms with Gasteiger partial charge in [-0.05, 0) is 67.4 Å². The second kappa shape index (κ2) is 11.3. The fourth-order valence-corrected chi connectivity index (χ4v) is 5.62. The first-order valence-electron chi connectivity index (χ1n) is 13.5. The number of hydrogen-bond donors (Lipinski definition) is 1. The molecule has 1 atom stereocenters. The highest BCUT2D eigenvalue weighted by Crippen LogP contribution is 2.37. The second-order valence-electron chi connectivity index (χ2n) is 11.9. The Balaban J connectivity index is 1.55. The highest BCUT2D eigenvalue weighted by Gasteiger charge is 2.37. The molecule has 1 aromatic carbocycles. The van der Waals surface area contributed by atoms with Crippen LogP contribution in [-0.2, 0) is 17.1 Å². The minimum absolute atomic E-state index is 0.0263. The summed E-state index contributed by atoms with van der Waals surface area (Å²) in [6.45, 7) is 12.2. The van der Waals surface area contributed by atoms with E-state index in [0.717, 1.165) is 37.8 Å². The maximum absolute atomic E-state index is 13.0. The molecule has 39 heavy (non-hydrogen) atoms. The summed E-state index contributed by atoms with van der Waals surface area (Å²) < 4.78 is 47.2. The molecule has 0 radical (unpaired) electrons. The van der Waals surface area contributed by atoms with Crippen LogP contribution in [0, 0.1) is 17.2 Å². The fraction of sp³-hybridized carbons (Fsp3) is 0.571. The molecule has 1 saturated carbocycles. The van der Waals surface area contributed by atoms with Gasteiger partial charge in [0.25, 0.3) is 0 Å². The first kappa shape index (κ1) is 29.0. The lowest BCUT2D eigenvalue weighted by atomic mass is 9.78. The molecule has 3 aromatic rings. The number of nitrogens with one attached hydrogen (secondary N) is 1. The molecular weight excluding hydrogens is 521 g/mol. The average Bonchev–Trinajstić information content (AvgIpc) is 3.22. The molecule has 11 heteroatoms. The van der Waals surface area contributed by atoms with Crippen molar-refractivity contribution in [1.82, 2.24) is 19.5 Å². The van der Waals surface area contributed by atoms with E-state index in [2.05, 4.69) is 54.1 Å². The average molecular weight is 559 g/mol. The molecule has 0 aliphatic heterocycles. The van der Waals surface area contributed by atoms with Crippen molar-refractivity contribution in [2.24, 2.45) is 5.92 Å². The maximum atomic E-state index is 13.0. The summed E-state index contributed by atoms with van der Waals surface area (Å²) in [7, 11) is -1.82. The Hall–Kier alpha value is -2.97. The Kier molecular flexibility index (Phi) is 8.38. The smallest absolute Gasteiger partial charge is 0.416 e. The van der Waals surface area contributed by atoms with Crippen molar-refractivity contribution in [2.45, 2.75) is 89.8 Å². The van der Waals surface area contributed by atoms with Gasteiger partial charge in [0, 0.05) is 19.2 Å². The van der Waals surface area contributed by atoms with Gasteiger partial charge in [-0.15, -0.1) is 0 Å². The van der Waals surface area contributed by atoms with Crippen molar-refractivity contribution in [1.29, 1.82) is 5.26 Å². The number of imidazole rings is 1. The molecule has 1 N–H and O–H groups in total. The molecule has 4 rings (SSSR count). The first-order valence-corrected chi connectivity index (χ1v) is 16.4. The number of aromatic nitrogens is 4. The van der Waals surface area contributed by atoms with Crippen LogP contribution in [0.15, 0.2) is 30.6 Å². The summed E-state index contributed by atoms with van der Waals surface area (Å²) in [4.78, 5) is 13.1. The normalized spacial score (nSPS) is 15.7. The van der Waals surface area contributed by atoms with Gasteiger partial charge in [0.05, 0.1) is 11.9 Å². The Labute approximate surface area is 229 Å². The first-order chi connectivity index (χ1) is 18.3. The summed E-state index contributed by atoms with van der Waals surface area (Å²) in [5.74, 6) is 1.06. The number of halogens is 3. The summed E-state index contributed by atoms with van der Waals surface area (Å²) in [6.07, 6.45) is 2.47. The molecule has 0 unspecified atom stereocenters. The number of alkyl halides is 3. The molecule has 210 valence electrons. The topological polar surface area (TPSA) is 88.7 Å². The number of nitriles is 1. The van der Waals surface area contributed by atoms with Crippen molar-refractivity contribution in [2.75, 3.05) is 11.9 Å². The van der Waals surface area contributed by atoms with Crippen LogP contribution >= 0.6 is 0 Å². The highest BCUT2D eigenvalue weighted by molar-refractivity contribution is 6.74. The van der Waals surface area contributed by atoms with Crippen LogP contribution in [0.3, 0.4) is 0 Å². The second-order valence-corrected chi connectivity index (χ2v) is 16.7. The third-order valence-electron chi connectivity index (χ3n) is 8.18. The molecule has 2 heterocycles. The van der Waals surface area contributed by atoms with Crippen LogP contribution < -0.4 is 5.32 Å². The lowest BCUT2D eigenvalue weighted by Gasteiger charge is -2.37. The molecule has 1 aliphatic rings. The Morgan fingerprint density at radius 1 is 1.15 bits per heavy atom. The molecular formula is C28H37F3N6OSi. The van der Waals surface area contributed by atoms with Crippen LogP contribution in [0.4, 0.5) is 19.0 Å². The van der Waals surface area contributed by atoms with Crippen LogP contribution in [0.1, 0.15) is 69.8 Å². The molecule has 1 fully saturated rings. The van der Waals surface area contributed by atoms with Crippen LogP contribution in [0.25, 0.3) is 11.2 Å². The minimum Gasteiger partial charge on any atom is -0.417 e. The van der Waals surface area contributed by atoms with E-state index in [1.54, 1.807) is 6.33 Å². The number of nitrogens with zero attached hydrogens (tertiary/aromatic N) is 5. The number of anilines is 1. The van der Waals surface area contributed by atoms with Gasteiger partial charge in [0.15, 0.2) is 19.8 Å². The lowest BCUT2D eigenvalue weighted by molar-refractivity contribution is -0.137. The molecule has 2 aromatic heterocycles. The van der Waals surface area contributed by atoms with Crippen LogP contribution in [0.2, 0.25) is 18.1 Å². The Bertz CT molecular complexity index is 1320. The predicted octanol–water partition coefficient (Wildman–Crippen LogP) is 7.15. The summed E-state index contributed by atoms with van der Waals surface area (Å²) in [6, 6.07) is 7.26. The number of rotatable bonds is 10. The van der Waals surface area contributed by atoms with Gasteiger partial charge in [-0.25, -0.2) is 4.98 Å². The van der Waals surface area contributed by atoms with Crippen molar-refractivity contribution >= 4 is 25.3 Å². The molecule has 1 aliphatic carbocycles. The van der Waals surface area contributed by atoms with Gasteiger partial charge in [-0.1, -0.05) is 39.3 Å². The van der Waals surface area contributed by atoms with Gasteiger partial charge in [-0.3, -0.25) is 0 Å². The number of hydrogen-bond acceptors (Lipinski definition) is 6. The SMILES string of the molecule is CC(C)(C)[Si](C)(C)OCCC[C@@H](Nc1nc(C#N)nc2ncn(Cc3ccc(C(F)(F)F)cc3)c12)C1CCC1. The van der Waals surface area contributed by atoms with E-state index in [9.17, 15) is 18.4 Å². The van der Waals surface area contributed by atoms with E-state index in [1.165, 1.54) is 18.6 Å². The Morgan fingerprint density at radius 3 is 2.41 bits per heavy atom. The zero-order valence-electron chi connectivity index (χ0n) is 23.3. The molecule has 0 amide bonds. The van der Waals surface area contributed by atoms with Crippen molar-refractivity contribution in [3.8, 4) is 6.07 Å². The third-order valence-corrected chi connectivity index (χ3v) is 12.7. The lowest BCUT2D eigenvalue weighted by Crippen LogP contribution is -2.41. The van der Waals surface area contributed by atoms with E-state index in [4.69, 9.17) is 4.43 Å². The quantitative estimate of drug-likeness (QED) is 0.210. The van der Waals surface area contributed by atoms with Gasteiger partial charge in [0.2, 0.25) is 5.82 Å². The van der Waals surface area contributed by atoms with Crippen molar-refractivity contribution in [3.63, 3.8) is 0 Å². The van der Waals surface area contributed by atoms with E-state index in [-0.39, 0.29) is 16.9 Å². The van der Waals surface area contributed by atoms with Crippen molar-refractivity contribution in [3.05, 3.63) is 47.5 Å². The molecule has 0 saturated heterocycles. The van der Waals surface area contributed by atoms with Crippen molar-refractivity contribution < 1.29 is 17.6 Å².